The molecule has 0 unspecified atom stereocenters. The molecule has 1 fully saturated rings. The Labute approximate surface area is 216 Å². The third kappa shape index (κ3) is 5.66. The molecular weight excluding hydrogens is 470 g/mol. The van der Waals surface area contributed by atoms with E-state index in [2.05, 4.69) is 5.32 Å². The lowest BCUT2D eigenvalue weighted by atomic mass is 10.0. The van der Waals surface area contributed by atoms with Crippen LogP contribution >= 0.6 is 0 Å². The van der Waals surface area contributed by atoms with Crippen LogP contribution in [0.5, 0.6) is 0 Å². The van der Waals surface area contributed by atoms with Gasteiger partial charge in [0.25, 0.3) is 11.8 Å². The first kappa shape index (κ1) is 25.9. The standard InChI is InChI=1S/C28H33N5O4/c1-4-5-14-37-28(36)33-12-10-32(11-13-33)27(35)20-7-8-21-18(2)15-24(31-25(21)17-20)19-6-9-22(23(29)16-19)26(34)30-3/h6-9,15-17H,4-5,10-14,29H2,1-3H3,(H,30,34). The van der Waals surface area contributed by atoms with E-state index in [1.54, 1.807) is 29.0 Å². The molecular formula is C28H33N5O4. The summed E-state index contributed by atoms with van der Waals surface area (Å²) in [5.74, 6) is -0.339. The van der Waals surface area contributed by atoms with Crippen molar-refractivity contribution in [3.05, 3.63) is 59.2 Å². The fraction of sp³-hybridized carbons (Fsp3) is 0.357. The number of hydrogen-bond donors (Lipinski definition) is 2. The molecule has 4 rings (SSSR count). The van der Waals surface area contributed by atoms with Crippen molar-refractivity contribution in [3.63, 3.8) is 0 Å². The van der Waals surface area contributed by atoms with Crippen molar-refractivity contribution in [1.29, 1.82) is 0 Å². The average Bonchev–Trinajstić information content (AvgIpc) is 2.92. The number of hydrogen-bond acceptors (Lipinski definition) is 6. The summed E-state index contributed by atoms with van der Waals surface area (Å²) < 4.78 is 5.29. The fourth-order valence-corrected chi connectivity index (χ4v) is 4.42. The molecule has 3 N–H and O–H groups in total. The van der Waals surface area contributed by atoms with E-state index in [9.17, 15) is 14.4 Å². The summed E-state index contributed by atoms with van der Waals surface area (Å²) in [6.07, 6.45) is 1.49. The normalized spacial score (nSPS) is 13.5. The van der Waals surface area contributed by atoms with Crippen molar-refractivity contribution >= 4 is 34.5 Å². The van der Waals surface area contributed by atoms with Gasteiger partial charge < -0.3 is 25.6 Å². The number of aromatic nitrogens is 1. The Morgan fingerprint density at radius 3 is 2.43 bits per heavy atom. The molecule has 0 spiro atoms. The molecule has 2 aromatic carbocycles. The molecule has 194 valence electrons. The highest BCUT2D eigenvalue weighted by molar-refractivity contribution is 6.00. The van der Waals surface area contributed by atoms with Crippen molar-refractivity contribution in [2.75, 3.05) is 45.6 Å². The summed E-state index contributed by atoms with van der Waals surface area (Å²) in [6.45, 7) is 6.25. The van der Waals surface area contributed by atoms with Gasteiger partial charge in [-0.25, -0.2) is 9.78 Å². The first-order valence-corrected chi connectivity index (χ1v) is 12.6. The first-order valence-electron chi connectivity index (χ1n) is 12.6. The van der Waals surface area contributed by atoms with Crippen LogP contribution in [0.3, 0.4) is 0 Å². The molecule has 0 bridgehead atoms. The van der Waals surface area contributed by atoms with Gasteiger partial charge in [-0.2, -0.15) is 0 Å². The van der Waals surface area contributed by atoms with E-state index >= 15 is 0 Å². The molecule has 9 nitrogen and oxygen atoms in total. The van der Waals surface area contributed by atoms with Crippen LogP contribution in [0.2, 0.25) is 0 Å². The van der Waals surface area contributed by atoms with E-state index in [-0.39, 0.29) is 17.9 Å². The quantitative estimate of drug-likeness (QED) is 0.390. The molecule has 3 aromatic rings. The topological polar surface area (TPSA) is 118 Å². The SMILES string of the molecule is CCCCOC(=O)N1CCN(C(=O)c2ccc3c(C)cc(-c4ccc(C(=O)NC)c(N)c4)nc3c2)CC1. The zero-order valence-electron chi connectivity index (χ0n) is 21.5. The number of nitrogens with zero attached hydrogens (tertiary/aromatic N) is 3. The summed E-state index contributed by atoms with van der Waals surface area (Å²) >= 11 is 0. The number of piperazine rings is 1. The molecule has 2 heterocycles. The minimum absolute atomic E-state index is 0.0927. The van der Waals surface area contributed by atoms with Crippen molar-refractivity contribution in [1.82, 2.24) is 20.1 Å². The third-order valence-electron chi connectivity index (χ3n) is 6.63. The summed E-state index contributed by atoms with van der Waals surface area (Å²) in [5.41, 5.74) is 10.7. The van der Waals surface area contributed by atoms with Gasteiger partial charge in [0.15, 0.2) is 0 Å². The van der Waals surface area contributed by atoms with Crippen LogP contribution in [0.25, 0.3) is 22.2 Å². The zero-order valence-corrected chi connectivity index (χ0v) is 21.5. The van der Waals surface area contributed by atoms with E-state index in [1.807, 2.05) is 44.2 Å². The number of ether oxygens (including phenoxy) is 1. The average molecular weight is 504 g/mol. The Morgan fingerprint density at radius 1 is 1.03 bits per heavy atom. The van der Waals surface area contributed by atoms with Crippen LogP contribution in [0, 0.1) is 6.92 Å². The smallest absolute Gasteiger partial charge is 0.409 e. The number of rotatable bonds is 6. The number of pyridine rings is 1. The highest BCUT2D eigenvalue weighted by Crippen LogP contribution is 2.28. The second-order valence-corrected chi connectivity index (χ2v) is 9.18. The monoisotopic (exact) mass is 503 g/mol. The summed E-state index contributed by atoms with van der Waals surface area (Å²) in [5, 5.41) is 3.53. The van der Waals surface area contributed by atoms with Gasteiger partial charge in [0.1, 0.15) is 0 Å². The molecule has 1 saturated heterocycles. The second kappa shape index (κ2) is 11.3. The summed E-state index contributed by atoms with van der Waals surface area (Å²) in [6, 6.07) is 12.7. The lowest BCUT2D eigenvalue weighted by Crippen LogP contribution is -2.50. The van der Waals surface area contributed by atoms with Gasteiger partial charge in [-0.05, 0) is 49.2 Å². The Morgan fingerprint density at radius 2 is 1.76 bits per heavy atom. The van der Waals surface area contributed by atoms with Gasteiger partial charge in [-0.1, -0.05) is 25.5 Å². The van der Waals surface area contributed by atoms with Crippen molar-refractivity contribution < 1.29 is 19.1 Å². The van der Waals surface area contributed by atoms with Crippen LogP contribution < -0.4 is 11.1 Å². The molecule has 1 aliphatic rings. The minimum Gasteiger partial charge on any atom is -0.449 e. The molecule has 37 heavy (non-hydrogen) atoms. The molecule has 3 amide bonds. The van der Waals surface area contributed by atoms with Crippen molar-refractivity contribution in [2.24, 2.45) is 0 Å². The van der Waals surface area contributed by atoms with E-state index in [0.717, 1.165) is 29.4 Å². The number of nitrogens with one attached hydrogen (secondary N) is 1. The number of aryl methyl sites for hydroxylation is 1. The summed E-state index contributed by atoms with van der Waals surface area (Å²) in [4.78, 5) is 45.6. The highest BCUT2D eigenvalue weighted by atomic mass is 16.6. The number of nitrogens with two attached hydrogens (primary N) is 1. The second-order valence-electron chi connectivity index (χ2n) is 9.18. The van der Waals surface area contributed by atoms with Crippen molar-refractivity contribution in [3.8, 4) is 11.3 Å². The van der Waals surface area contributed by atoms with Gasteiger partial charge >= 0.3 is 6.09 Å². The number of unbranched alkanes of at least 4 members (excludes halogenated alkanes) is 1. The highest BCUT2D eigenvalue weighted by Gasteiger charge is 2.26. The number of carbonyl (C=O) groups is 3. The Balaban J connectivity index is 1.52. The van der Waals surface area contributed by atoms with Crippen LogP contribution in [0.1, 0.15) is 46.0 Å². The lowest BCUT2D eigenvalue weighted by Gasteiger charge is -2.34. The summed E-state index contributed by atoms with van der Waals surface area (Å²) in [7, 11) is 1.56. The predicted molar refractivity (Wildman–Crippen MR) is 143 cm³/mol. The Hall–Kier alpha value is -4.14. The number of amides is 3. The number of nitrogen functional groups attached to an aromatic ring is 1. The number of fused-ring (bicyclic) bond motifs is 1. The van der Waals surface area contributed by atoms with E-state index in [1.165, 1.54) is 0 Å². The molecule has 0 saturated carbocycles. The largest absolute Gasteiger partial charge is 0.449 e. The van der Waals surface area contributed by atoms with Crippen LogP contribution in [-0.2, 0) is 4.74 Å². The Bertz CT molecular complexity index is 1330. The molecule has 0 aliphatic carbocycles. The third-order valence-corrected chi connectivity index (χ3v) is 6.63. The lowest BCUT2D eigenvalue weighted by molar-refractivity contribution is 0.0558. The molecule has 9 heteroatoms. The fourth-order valence-electron chi connectivity index (χ4n) is 4.42. The first-order chi connectivity index (χ1) is 17.8. The predicted octanol–water partition coefficient (Wildman–Crippen LogP) is 3.85. The molecule has 1 aromatic heterocycles. The zero-order chi connectivity index (χ0) is 26.5. The molecule has 0 atom stereocenters. The van der Waals surface area contributed by atoms with Crippen LogP contribution in [0.4, 0.5) is 10.5 Å². The maximum atomic E-state index is 13.3. The van der Waals surface area contributed by atoms with E-state index in [4.69, 9.17) is 15.5 Å². The van der Waals surface area contributed by atoms with Crippen LogP contribution in [-0.4, -0.2) is 72.5 Å². The van der Waals surface area contributed by atoms with Gasteiger partial charge in [0, 0.05) is 55.4 Å². The van der Waals surface area contributed by atoms with Gasteiger partial charge in [0.2, 0.25) is 0 Å². The maximum absolute atomic E-state index is 13.3. The number of anilines is 1. The number of benzene rings is 2. The molecule has 1 aliphatic heterocycles. The van der Waals surface area contributed by atoms with Gasteiger partial charge in [-0.3, -0.25) is 9.59 Å². The Kier molecular flexibility index (Phi) is 7.91. The minimum atomic E-state index is -0.317. The molecule has 0 radical (unpaired) electrons. The van der Waals surface area contributed by atoms with Crippen LogP contribution in [0.15, 0.2) is 42.5 Å². The number of carbonyl (C=O) groups excluding carboxylic acids is 3. The van der Waals surface area contributed by atoms with Gasteiger partial charge in [0.05, 0.1) is 23.4 Å². The maximum Gasteiger partial charge on any atom is 0.409 e. The van der Waals surface area contributed by atoms with E-state index in [0.29, 0.717) is 60.8 Å². The van der Waals surface area contributed by atoms with E-state index < -0.39 is 0 Å². The van der Waals surface area contributed by atoms with Crippen molar-refractivity contribution in [2.45, 2.75) is 26.7 Å². The van der Waals surface area contributed by atoms with Gasteiger partial charge in [-0.15, -0.1) is 0 Å².